The molecule has 0 bridgehead atoms. The van der Waals surface area contributed by atoms with Crippen molar-refractivity contribution in [2.75, 3.05) is 0 Å². The van der Waals surface area contributed by atoms with Crippen molar-refractivity contribution in [2.45, 2.75) is 11.1 Å². The average molecular weight is 303 g/mol. The molecule has 0 aliphatic carbocycles. The highest BCUT2D eigenvalue weighted by molar-refractivity contribution is 7.89. The molecule has 2 rings (SSSR count). The molecule has 1 heterocycles. The van der Waals surface area contributed by atoms with Crippen molar-refractivity contribution in [1.29, 1.82) is 0 Å². The zero-order valence-corrected chi connectivity index (χ0v) is 10.6. The molecule has 0 amide bonds. The molecule has 0 atom stereocenters. The number of nitrogens with zero attached hydrogens (tertiary/aromatic N) is 2. The summed E-state index contributed by atoms with van der Waals surface area (Å²) in [6.07, 6.45) is -1.43. The molecular weight excluding hydrogens is 295 g/mol. The summed E-state index contributed by atoms with van der Waals surface area (Å²) >= 11 is 0. The Morgan fingerprint density at radius 3 is 2.20 bits per heavy atom. The standard InChI is InChI=1S/C11H8F3N3O2S/c12-11(13,14)8-2-1-3-9(20(15,18)19)10(8)7-4-16-6-17-5-7/h1-6H,(H2,15,18,19). The van der Waals surface area contributed by atoms with Crippen molar-refractivity contribution in [1.82, 2.24) is 9.97 Å². The van der Waals surface area contributed by atoms with Gasteiger partial charge in [-0.05, 0) is 12.1 Å². The van der Waals surface area contributed by atoms with E-state index >= 15 is 0 Å². The fourth-order valence-electron chi connectivity index (χ4n) is 1.73. The Bertz CT molecular complexity index is 730. The van der Waals surface area contributed by atoms with E-state index in [0.29, 0.717) is 0 Å². The van der Waals surface area contributed by atoms with E-state index in [9.17, 15) is 21.6 Å². The summed E-state index contributed by atoms with van der Waals surface area (Å²) in [6, 6.07) is 2.76. The van der Waals surface area contributed by atoms with Crippen LogP contribution >= 0.6 is 0 Å². The number of hydrogen-bond donors (Lipinski definition) is 1. The normalized spacial score (nSPS) is 12.4. The van der Waals surface area contributed by atoms with Crippen LogP contribution in [-0.4, -0.2) is 18.4 Å². The van der Waals surface area contributed by atoms with Gasteiger partial charge in [-0.25, -0.2) is 23.5 Å². The zero-order chi connectivity index (χ0) is 15.0. The first-order valence-electron chi connectivity index (χ1n) is 5.19. The van der Waals surface area contributed by atoms with Crippen LogP contribution in [0.2, 0.25) is 0 Å². The summed E-state index contributed by atoms with van der Waals surface area (Å²) < 4.78 is 62.0. The van der Waals surface area contributed by atoms with Crippen molar-refractivity contribution in [3.05, 3.63) is 42.5 Å². The maximum Gasteiger partial charge on any atom is 0.417 e. The van der Waals surface area contributed by atoms with Crippen LogP contribution in [0.1, 0.15) is 5.56 Å². The number of aromatic nitrogens is 2. The van der Waals surface area contributed by atoms with E-state index in [2.05, 4.69) is 9.97 Å². The predicted molar refractivity (Wildman–Crippen MR) is 63.8 cm³/mol. The van der Waals surface area contributed by atoms with Gasteiger partial charge in [0, 0.05) is 23.5 Å². The van der Waals surface area contributed by atoms with Gasteiger partial charge in [0.1, 0.15) is 6.33 Å². The monoisotopic (exact) mass is 303 g/mol. The molecule has 0 saturated carbocycles. The first-order chi connectivity index (χ1) is 9.21. The SMILES string of the molecule is NS(=O)(=O)c1cccc(C(F)(F)F)c1-c1cncnc1. The smallest absolute Gasteiger partial charge is 0.244 e. The number of sulfonamides is 1. The fourth-order valence-corrected chi connectivity index (χ4v) is 2.51. The lowest BCUT2D eigenvalue weighted by Gasteiger charge is -2.15. The van der Waals surface area contributed by atoms with Crippen LogP contribution in [-0.2, 0) is 16.2 Å². The Morgan fingerprint density at radius 1 is 1.10 bits per heavy atom. The second kappa shape index (κ2) is 4.84. The molecule has 0 aliphatic rings. The van der Waals surface area contributed by atoms with Crippen LogP contribution < -0.4 is 5.14 Å². The molecule has 5 nitrogen and oxygen atoms in total. The molecule has 106 valence electrons. The summed E-state index contributed by atoms with van der Waals surface area (Å²) in [7, 11) is -4.32. The second-order valence-corrected chi connectivity index (χ2v) is 5.38. The van der Waals surface area contributed by atoms with Crippen molar-refractivity contribution in [3.8, 4) is 11.1 Å². The van der Waals surface area contributed by atoms with Crippen LogP contribution in [0, 0.1) is 0 Å². The minimum Gasteiger partial charge on any atom is -0.244 e. The molecule has 0 aliphatic heterocycles. The molecular formula is C11H8F3N3O2S. The maximum absolute atomic E-state index is 13.0. The van der Waals surface area contributed by atoms with Gasteiger partial charge >= 0.3 is 6.18 Å². The highest BCUT2D eigenvalue weighted by Crippen LogP contribution is 2.39. The Hall–Kier alpha value is -2.00. The molecule has 0 radical (unpaired) electrons. The summed E-state index contributed by atoms with van der Waals surface area (Å²) in [5, 5.41) is 4.97. The largest absolute Gasteiger partial charge is 0.417 e. The minimum absolute atomic E-state index is 0.0792. The number of primary sulfonamides is 1. The van der Waals surface area contributed by atoms with Crippen LogP contribution in [0.25, 0.3) is 11.1 Å². The van der Waals surface area contributed by atoms with Crippen LogP contribution in [0.3, 0.4) is 0 Å². The molecule has 1 aromatic heterocycles. The Kier molecular flexibility index (Phi) is 3.48. The number of alkyl halides is 3. The molecule has 0 saturated heterocycles. The quantitative estimate of drug-likeness (QED) is 0.916. The molecule has 1 aromatic carbocycles. The van der Waals surface area contributed by atoms with Crippen LogP contribution in [0.15, 0.2) is 41.8 Å². The number of hydrogen-bond acceptors (Lipinski definition) is 4. The topological polar surface area (TPSA) is 85.9 Å². The number of nitrogens with two attached hydrogens (primary N) is 1. The first kappa shape index (κ1) is 14.4. The van der Waals surface area contributed by atoms with E-state index in [1.54, 1.807) is 0 Å². The van der Waals surface area contributed by atoms with Gasteiger partial charge in [0.15, 0.2) is 0 Å². The van der Waals surface area contributed by atoms with Gasteiger partial charge in [-0.1, -0.05) is 6.07 Å². The molecule has 0 fully saturated rings. The second-order valence-electron chi connectivity index (χ2n) is 3.85. The van der Waals surface area contributed by atoms with E-state index in [1.165, 1.54) is 0 Å². The number of halogens is 3. The van der Waals surface area contributed by atoms with Gasteiger partial charge in [-0.3, -0.25) is 0 Å². The van der Waals surface area contributed by atoms with Gasteiger partial charge in [0.25, 0.3) is 0 Å². The average Bonchev–Trinajstić information content (AvgIpc) is 2.37. The third-order valence-corrected chi connectivity index (χ3v) is 3.44. The van der Waals surface area contributed by atoms with Crippen LogP contribution in [0.5, 0.6) is 0 Å². The van der Waals surface area contributed by atoms with Crippen molar-refractivity contribution < 1.29 is 21.6 Å². The summed E-state index contributed by atoms with van der Waals surface area (Å²) in [5.41, 5.74) is -1.74. The lowest BCUT2D eigenvalue weighted by Crippen LogP contribution is -2.17. The highest BCUT2D eigenvalue weighted by atomic mass is 32.2. The van der Waals surface area contributed by atoms with Gasteiger partial charge in [0.2, 0.25) is 10.0 Å². The Labute approximate surface area is 112 Å². The molecule has 2 aromatic rings. The van der Waals surface area contributed by atoms with E-state index in [-0.39, 0.29) is 5.56 Å². The lowest BCUT2D eigenvalue weighted by molar-refractivity contribution is -0.137. The summed E-state index contributed by atoms with van der Waals surface area (Å²) in [6.45, 7) is 0. The van der Waals surface area contributed by atoms with Gasteiger partial charge in [0.05, 0.1) is 10.5 Å². The summed E-state index contributed by atoms with van der Waals surface area (Å²) in [5.74, 6) is 0. The first-order valence-corrected chi connectivity index (χ1v) is 6.74. The number of rotatable bonds is 2. The molecule has 0 spiro atoms. The predicted octanol–water partition coefficient (Wildman–Crippen LogP) is 1.81. The Morgan fingerprint density at radius 2 is 1.70 bits per heavy atom. The molecule has 0 unspecified atom stereocenters. The van der Waals surface area contributed by atoms with Gasteiger partial charge < -0.3 is 0 Å². The molecule has 2 N–H and O–H groups in total. The van der Waals surface area contributed by atoms with Crippen LogP contribution in [0.4, 0.5) is 13.2 Å². The lowest BCUT2D eigenvalue weighted by atomic mass is 10.0. The molecule has 20 heavy (non-hydrogen) atoms. The third kappa shape index (κ3) is 2.78. The maximum atomic E-state index is 13.0. The van der Waals surface area contributed by atoms with Crippen molar-refractivity contribution in [2.24, 2.45) is 5.14 Å². The van der Waals surface area contributed by atoms with E-state index in [4.69, 9.17) is 5.14 Å². The minimum atomic E-state index is -4.73. The molecule has 9 heteroatoms. The van der Waals surface area contributed by atoms with E-state index in [1.807, 2.05) is 0 Å². The fraction of sp³-hybridized carbons (Fsp3) is 0.0909. The third-order valence-electron chi connectivity index (χ3n) is 2.49. The van der Waals surface area contributed by atoms with Gasteiger partial charge in [-0.15, -0.1) is 0 Å². The Balaban J connectivity index is 2.87. The summed E-state index contributed by atoms with van der Waals surface area (Å²) in [4.78, 5) is 6.56. The number of benzene rings is 1. The van der Waals surface area contributed by atoms with E-state index in [0.717, 1.165) is 36.9 Å². The highest BCUT2D eigenvalue weighted by Gasteiger charge is 2.36. The zero-order valence-electron chi connectivity index (χ0n) is 9.79. The van der Waals surface area contributed by atoms with Gasteiger partial charge in [-0.2, -0.15) is 13.2 Å². The van der Waals surface area contributed by atoms with E-state index < -0.39 is 32.2 Å². The van der Waals surface area contributed by atoms with Crippen molar-refractivity contribution >= 4 is 10.0 Å². The van der Waals surface area contributed by atoms with Crippen molar-refractivity contribution in [3.63, 3.8) is 0 Å².